The smallest absolute Gasteiger partial charge is 0.475 e. The summed E-state index contributed by atoms with van der Waals surface area (Å²) in [4.78, 5) is 21.5. The first-order valence-electron chi connectivity index (χ1n) is 12.0. The Hall–Kier alpha value is -4.62. The van der Waals surface area contributed by atoms with Crippen molar-refractivity contribution >= 4 is 25.3 Å². The molecule has 0 saturated carbocycles. The number of aliphatic carboxylic acids is 1. The number of anilines is 1. The summed E-state index contributed by atoms with van der Waals surface area (Å²) in [5, 5.41) is 9.81. The molecule has 0 aromatic heterocycles. The number of benzene rings is 3. The van der Waals surface area contributed by atoms with Crippen molar-refractivity contribution in [1.82, 2.24) is 5.32 Å². The highest BCUT2D eigenvalue weighted by Crippen LogP contribution is 2.53. The van der Waals surface area contributed by atoms with Gasteiger partial charge in [0.1, 0.15) is 11.5 Å². The van der Waals surface area contributed by atoms with E-state index in [1.807, 2.05) is 12.1 Å². The van der Waals surface area contributed by atoms with Gasteiger partial charge < -0.3 is 29.9 Å². The van der Waals surface area contributed by atoms with E-state index in [1.165, 1.54) is 0 Å². The van der Waals surface area contributed by atoms with Gasteiger partial charge in [-0.15, -0.1) is 12.3 Å². The van der Waals surface area contributed by atoms with Crippen molar-refractivity contribution in [1.29, 1.82) is 0 Å². The Labute approximate surface area is 235 Å². The number of para-hydroxylation sites is 2. The van der Waals surface area contributed by atoms with Gasteiger partial charge in [-0.3, -0.25) is 0 Å². The number of hydrogen-bond donors (Lipinski definition) is 3. The van der Waals surface area contributed by atoms with Crippen LogP contribution < -0.4 is 20.1 Å². The minimum Gasteiger partial charge on any atom is -0.475 e. The van der Waals surface area contributed by atoms with Crippen LogP contribution in [0, 0.1) is 12.3 Å². The van der Waals surface area contributed by atoms with Gasteiger partial charge in [0.05, 0.1) is 6.61 Å². The molecule has 1 atom stereocenters. The van der Waals surface area contributed by atoms with Gasteiger partial charge in [0.15, 0.2) is 5.78 Å². The number of hydrogen-bond acceptors (Lipinski definition) is 7. The van der Waals surface area contributed by atoms with E-state index in [0.717, 1.165) is 5.56 Å². The van der Waals surface area contributed by atoms with Crippen molar-refractivity contribution in [3.63, 3.8) is 0 Å². The van der Waals surface area contributed by atoms with Gasteiger partial charge in [-0.25, -0.2) is 14.2 Å². The standard InChI is InChI=1S/C26H27N2O5P.C2HF3O2/c1-2-3-10-19-31-26(29)28-25(20-21-15-17-22(27)18-16-21)34(30,32-23-11-6-4-7-12-23)33-24-13-8-5-9-14-24;3-2(4,5)1(6)7/h1,4-9,11-18,25H,3,10,19-20,27H2,(H,28,29);(H,6,7). The van der Waals surface area contributed by atoms with Gasteiger partial charge in [-0.2, -0.15) is 13.2 Å². The maximum Gasteiger partial charge on any atom is 0.490 e. The summed E-state index contributed by atoms with van der Waals surface area (Å²) < 4.78 is 63.1. The van der Waals surface area contributed by atoms with Gasteiger partial charge in [0.25, 0.3) is 0 Å². The number of alkyl halides is 3. The minimum atomic E-state index is -5.08. The summed E-state index contributed by atoms with van der Waals surface area (Å²) in [7, 11) is -4.02. The number of rotatable bonds is 11. The molecule has 0 aliphatic rings. The molecule has 0 aliphatic carbocycles. The van der Waals surface area contributed by atoms with E-state index >= 15 is 0 Å². The summed E-state index contributed by atoms with van der Waals surface area (Å²) in [6, 6.07) is 24.3. The van der Waals surface area contributed by atoms with Gasteiger partial charge >= 0.3 is 25.8 Å². The zero-order chi connectivity index (χ0) is 30.3. The molecule has 0 bridgehead atoms. The third kappa shape index (κ3) is 12.0. The molecule has 1 amide bonds. The van der Waals surface area contributed by atoms with Crippen LogP contribution in [0.3, 0.4) is 0 Å². The van der Waals surface area contributed by atoms with Gasteiger partial charge in [0, 0.05) is 18.5 Å². The van der Waals surface area contributed by atoms with E-state index in [-0.39, 0.29) is 13.0 Å². The highest BCUT2D eigenvalue weighted by atomic mass is 31.2. The zero-order valence-corrected chi connectivity index (χ0v) is 22.5. The first kappa shape index (κ1) is 32.6. The number of nitrogens with one attached hydrogen (secondary N) is 1. The number of carboxylic acids is 1. The molecule has 13 heteroatoms. The largest absolute Gasteiger partial charge is 0.490 e. The number of unbranched alkanes of at least 4 members (excludes halogenated alkanes) is 1. The molecule has 0 fully saturated rings. The molecule has 0 heterocycles. The summed E-state index contributed by atoms with van der Waals surface area (Å²) >= 11 is 0. The number of ether oxygens (including phenoxy) is 1. The SMILES string of the molecule is C#CCCCOC(=O)NC(Cc1ccc(N)cc1)P(=O)(Oc1ccccc1)Oc1ccccc1.O=C(O)C(F)(F)F. The van der Waals surface area contributed by atoms with Crippen molar-refractivity contribution in [3.8, 4) is 23.8 Å². The molecule has 0 aliphatic heterocycles. The molecule has 3 aromatic carbocycles. The van der Waals surface area contributed by atoms with Gasteiger partial charge in [-0.1, -0.05) is 48.5 Å². The third-order valence-corrected chi connectivity index (χ3v) is 6.97. The molecule has 3 rings (SSSR count). The normalized spacial score (nSPS) is 11.6. The molecule has 3 aromatic rings. The Kier molecular flexibility index (Phi) is 12.6. The number of carbonyl (C=O) groups is 2. The van der Waals surface area contributed by atoms with E-state index < -0.39 is 31.6 Å². The monoisotopic (exact) mass is 592 g/mol. The van der Waals surface area contributed by atoms with Crippen LogP contribution in [0.1, 0.15) is 18.4 Å². The maximum atomic E-state index is 14.3. The topological polar surface area (TPSA) is 137 Å². The fraction of sp³-hybridized carbons (Fsp3) is 0.214. The Balaban J connectivity index is 0.000000745. The average Bonchev–Trinajstić information content (AvgIpc) is 2.93. The van der Waals surface area contributed by atoms with Gasteiger partial charge in [0.2, 0.25) is 0 Å². The average molecular weight is 593 g/mol. The van der Waals surface area contributed by atoms with Crippen LogP contribution in [-0.4, -0.2) is 35.7 Å². The third-order valence-electron chi connectivity index (χ3n) is 4.97. The Bertz CT molecular complexity index is 1290. The molecule has 0 saturated heterocycles. The molecule has 0 radical (unpaired) electrons. The highest BCUT2D eigenvalue weighted by molar-refractivity contribution is 7.55. The predicted octanol–water partition coefficient (Wildman–Crippen LogP) is 6.26. The van der Waals surface area contributed by atoms with Crippen LogP contribution in [0.15, 0.2) is 84.9 Å². The second-order valence-corrected chi connectivity index (χ2v) is 10.3. The summed E-state index contributed by atoms with van der Waals surface area (Å²) in [6.45, 7) is 0.133. The summed E-state index contributed by atoms with van der Waals surface area (Å²) in [6.07, 6.45) is 0.563. The number of nitrogens with two attached hydrogens (primary N) is 1. The number of nitrogen functional groups attached to an aromatic ring is 1. The van der Waals surface area contributed by atoms with Crippen LogP contribution in [0.2, 0.25) is 0 Å². The molecular weight excluding hydrogens is 564 g/mol. The fourth-order valence-corrected chi connectivity index (χ4v) is 4.86. The van der Waals surface area contributed by atoms with Gasteiger partial charge in [-0.05, 0) is 48.4 Å². The quantitative estimate of drug-likeness (QED) is 0.103. The van der Waals surface area contributed by atoms with E-state index in [9.17, 15) is 22.5 Å². The number of carboxylic acid groups (broad SMARTS) is 1. The molecule has 41 heavy (non-hydrogen) atoms. The minimum absolute atomic E-state index is 0.133. The van der Waals surface area contributed by atoms with Crippen molar-refractivity contribution < 1.29 is 46.2 Å². The summed E-state index contributed by atoms with van der Waals surface area (Å²) in [5.74, 6) is -0.642. The predicted molar refractivity (Wildman–Crippen MR) is 146 cm³/mol. The maximum absolute atomic E-state index is 14.3. The molecule has 0 spiro atoms. The van der Waals surface area contributed by atoms with Crippen LogP contribution in [0.4, 0.5) is 23.7 Å². The van der Waals surface area contributed by atoms with E-state index in [0.29, 0.717) is 30.0 Å². The van der Waals surface area contributed by atoms with Crippen molar-refractivity contribution in [2.24, 2.45) is 0 Å². The van der Waals surface area contributed by atoms with Crippen molar-refractivity contribution in [2.75, 3.05) is 12.3 Å². The number of terminal acetylenes is 1. The fourth-order valence-electron chi connectivity index (χ4n) is 3.04. The van der Waals surface area contributed by atoms with E-state index in [1.54, 1.807) is 72.8 Å². The first-order valence-corrected chi connectivity index (χ1v) is 13.6. The lowest BCUT2D eigenvalue weighted by Crippen LogP contribution is -2.39. The van der Waals surface area contributed by atoms with E-state index in [2.05, 4.69) is 11.2 Å². The molecular formula is C28H28F3N2O7P. The molecule has 9 nitrogen and oxygen atoms in total. The second-order valence-electron chi connectivity index (χ2n) is 8.20. The molecule has 4 N–H and O–H groups in total. The van der Waals surface area contributed by atoms with E-state index in [4.69, 9.17) is 35.8 Å². The Morgan fingerprint density at radius 2 is 1.44 bits per heavy atom. The Morgan fingerprint density at radius 1 is 0.951 bits per heavy atom. The lowest BCUT2D eigenvalue weighted by atomic mass is 10.1. The van der Waals surface area contributed by atoms with Crippen LogP contribution >= 0.6 is 7.60 Å². The lowest BCUT2D eigenvalue weighted by molar-refractivity contribution is -0.192. The van der Waals surface area contributed by atoms with Crippen LogP contribution in [-0.2, 0) is 20.5 Å². The molecule has 1 unspecified atom stereocenters. The highest BCUT2D eigenvalue weighted by Gasteiger charge is 2.41. The Morgan fingerprint density at radius 3 is 1.88 bits per heavy atom. The first-order chi connectivity index (χ1) is 19.4. The number of carbonyl (C=O) groups excluding carboxylic acids is 1. The molecule has 218 valence electrons. The lowest BCUT2D eigenvalue weighted by Gasteiger charge is -2.28. The number of alkyl carbamates (subject to hydrolysis) is 1. The summed E-state index contributed by atoms with van der Waals surface area (Å²) in [5.41, 5.74) is 7.17. The zero-order valence-electron chi connectivity index (χ0n) is 21.6. The van der Waals surface area contributed by atoms with Crippen molar-refractivity contribution in [3.05, 3.63) is 90.5 Å². The number of halogens is 3. The van der Waals surface area contributed by atoms with Crippen molar-refractivity contribution in [2.45, 2.75) is 31.2 Å². The van der Waals surface area contributed by atoms with Crippen LogP contribution in [0.25, 0.3) is 0 Å². The number of amides is 1. The van der Waals surface area contributed by atoms with Crippen LogP contribution in [0.5, 0.6) is 11.5 Å². The second kappa shape index (κ2) is 15.8.